The second-order valence-electron chi connectivity index (χ2n) is 6.65. The number of aromatic amines is 1. The lowest BCUT2D eigenvalue weighted by atomic mass is 10.0. The van der Waals surface area contributed by atoms with Crippen LogP contribution in [0.2, 0.25) is 0 Å². The zero-order chi connectivity index (χ0) is 16.3. The summed E-state index contributed by atoms with van der Waals surface area (Å²) in [5.41, 5.74) is 0.805. The molecule has 0 spiro atoms. The van der Waals surface area contributed by atoms with Crippen molar-refractivity contribution < 1.29 is 14.3 Å². The Labute approximate surface area is 130 Å². The van der Waals surface area contributed by atoms with Gasteiger partial charge in [0.25, 0.3) is 5.91 Å². The normalized spacial score (nSPS) is 16.5. The molecule has 1 aromatic rings. The molecule has 1 aliphatic rings. The second-order valence-corrected chi connectivity index (χ2v) is 6.65. The number of likely N-dealkylation sites (tertiary alicyclic amines) is 1. The van der Waals surface area contributed by atoms with Crippen LogP contribution < -0.4 is 5.32 Å². The Kier molecular flexibility index (Phi) is 4.73. The molecule has 2 rings (SSSR count). The molecule has 0 saturated carbocycles. The zero-order valence-corrected chi connectivity index (χ0v) is 13.6. The number of rotatable bonds is 2. The summed E-state index contributed by atoms with van der Waals surface area (Å²) in [5, 5.41) is 9.62. The smallest absolute Gasteiger partial charge is 0.407 e. The first kappa shape index (κ1) is 16.3. The zero-order valence-electron chi connectivity index (χ0n) is 13.6. The minimum absolute atomic E-state index is 0.0415. The average Bonchev–Trinajstić information content (AvgIpc) is 2.83. The number of nitrogens with one attached hydrogen (secondary N) is 2. The fourth-order valence-corrected chi connectivity index (χ4v) is 2.39. The number of ether oxygens (including phenoxy) is 1. The number of aromatic nitrogens is 2. The molecule has 7 nitrogen and oxygen atoms in total. The number of nitrogens with zero attached hydrogens (tertiary/aromatic N) is 2. The van der Waals surface area contributed by atoms with Crippen molar-refractivity contribution in [1.82, 2.24) is 20.4 Å². The van der Waals surface area contributed by atoms with Gasteiger partial charge in [-0.25, -0.2) is 4.79 Å². The van der Waals surface area contributed by atoms with Crippen molar-refractivity contribution in [3.8, 4) is 0 Å². The van der Waals surface area contributed by atoms with Crippen LogP contribution in [-0.4, -0.2) is 51.8 Å². The van der Waals surface area contributed by atoms with E-state index in [2.05, 4.69) is 15.5 Å². The Morgan fingerprint density at radius 1 is 1.36 bits per heavy atom. The Hall–Kier alpha value is -2.05. The van der Waals surface area contributed by atoms with Crippen molar-refractivity contribution in [2.75, 3.05) is 13.1 Å². The number of carbonyl (C=O) groups is 2. The Bertz CT molecular complexity index is 539. The van der Waals surface area contributed by atoms with Gasteiger partial charge in [0.2, 0.25) is 0 Å². The standard InChI is InChI=1S/C15H24N4O3/c1-10-9-12(18-17-10)13(20)19-7-5-11(6-8-19)16-14(21)22-15(2,3)4/h9,11H,5-8H2,1-4H3,(H,16,21)(H,17,18). The molecule has 0 atom stereocenters. The van der Waals surface area contributed by atoms with Gasteiger partial charge in [0.15, 0.2) is 0 Å². The van der Waals surface area contributed by atoms with E-state index in [1.54, 1.807) is 11.0 Å². The van der Waals surface area contributed by atoms with Crippen LogP contribution in [0.4, 0.5) is 4.79 Å². The third kappa shape index (κ3) is 4.47. The fraction of sp³-hybridized carbons (Fsp3) is 0.667. The lowest BCUT2D eigenvalue weighted by Crippen LogP contribution is -2.47. The summed E-state index contributed by atoms with van der Waals surface area (Å²) in [6.45, 7) is 8.57. The van der Waals surface area contributed by atoms with Crippen LogP contribution in [-0.2, 0) is 4.74 Å². The highest BCUT2D eigenvalue weighted by atomic mass is 16.6. The summed E-state index contributed by atoms with van der Waals surface area (Å²) in [6.07, 6.45) is 1.03. The van der Waals surface area contributed by atoms with Gasteiger partial charge in [-0.05, 0) is 46.6 Å². The molecular formula is C15H24N4O3. The topological polar surface area (TPSA) is 87.3 Å². The van der Waals surface area contributed by atoms with Crippen LogP contribution >= 0.6 is 0 Å². The summed E-state index contributed by atoms with van der Waals surface area (Å²) in [6, 6.07) is 1.78. The lowest BCUT2D eigenvalue weighted by molar-refractivity contribution is 0.0473. The number of H-pyrrole nitrogens is 1. The van der Waals surface area contributed by atoms with Crippen molar-refractivity contribution >= 4 is 12.0 Å². The SMILES string of the molecule is Cc1cc(C(=O)N2CCC(NC(=O)OC(C)(C)C)CC2)n[nH]1. The molecule has 2 heterocycles. The van der Waals surface area contributed by atoms with Crippen LogP contribution in [0.15, 0.2) is 6.07 Å². The molecule has 0 aliphatic carbocycles. The van der Waals surface area contributed by atoms with Gasteiger partial charge in [-0.2, -0.15) is 5.10 Å². The predicted octanol–water partition coefficient (Wildman–Crippen LogP) is 1.85. The molecule has 22 heavy (non-hydrogen) atoms. The number of aryl methyl sites for hydroxylation is 1. The number of carbonyl (C=O) groups excluding carboxylic acids is 2. The molecule has 2 amide bonds. The number of alkyl carbamates (subject to hydrolysis) is 1. The van der Waals surface area contributed by atoms with E-state index >= 15 is 0 Å². The van der Waals surface area contributed by atoms with Gasteiger partial charge in [0.1, 0.15) is 11.3 Å². The third-order valence-corrected chi connectivity index (χ3v) is 3.43. The first-order chi connectivity index (χ1) is 10.2. The number of amides is 2. The van der Waals surface area contributed by atoms with E-state index in [1.807, 2.05) is 27.7 Å². The molecule has 1 saturated heterocycles. The van der Waals surface area contributed by atoms with Crippen molar-refractivity contribution in [3.63, 3.8) is 0 Å². The highest BCUT2D eigenvalue weighted by Gasteiger charge is 2.27. The van der Waals surface area contributed by atoms with Crippen molar-refractivity contribution in [1.29, 1.82) is 0 Å². The van der Waals surface area contributed by atoms with E-state index in [0.717, 1.165) is 5.69 Å². The molecule has 1 aromatic heterocycles. The first-order valence-corrected chi connectivity index (χ1v) is 7.55. The van der Waals surface area contributed by atoms with Crippen molar-refractivity contribution in [2.24, 2.45) is 0 Å². The van der Waals surface area contributed by atoms with Gasteiger partial charge in [0.05, 0.1) is 0 Å². The Balaban J connectivity index is 1.80. The maximum absolute atomic E-state index is 12.3. The fourth-order valence-electron chi connectivity index (χ4n) is 2.39. The molecule has 7 heteroatoms. The quantitative estimate of drug-likeness (QED) is 0.873. The van der Waals surface area contributed by atoms with Crippen molar-refractivity contribution in [3.05, 3.63) is 17.5 Å². The van der Waals surface area contributed by atoms with Gasteiger partial charge >= 0.3 is 6.09 Å². The maximum Gasteiger partial charge on any atom is 0.407 e. The largest absolute Gasteiger partial charge is 0.444 e. The predicted molar refractivity (Wildman–Crippen MR) is 81.6 cm³/mol. The minimum Gasteiger partial charge on any atom is -0.444 e. The molecule has 122 valence electrons. The molecule has 1 fully saturated rings. The van der Waals surface area contributed by atoms with Crippen LogP contribution in [0, 0.1) is 6.92 Å². The first-order valence-electron chi connectivity index (χ1n) is 7.55. The molecule has 1 aliphatic heterocycles. The Morgan fingerprint density at radius 3 is 2.50 bits per heavy atom. The van der Waals surface area contributed by atoms with E-state index in [4.69, 9.17) is 4.74 Å². The molecule has 2 N–H and O–H groups in total. The molecule has 0 bridgehead atoms. The van der Waals surface area contributed by atoms with E-state index < -0.39 is 11.7 Å². The van der Waals surface area contributed by atoms with Crippen molar-refractivity contribution in [2.45, 2.75) is 52.2 Å². The minimum atomic E-state index is -0.501. The van der Waals surface area contributed by atoms with Gasteiger partial charge < -0.3 is 15.0 Å². The Morgan fingerprint density at radius 2 is 2.00 bits per heavy atom. The second kappa shape index (κ2) is 6.37. The summed E-state index contributed by atoms with van der Waals surface area (Å²) < 4.78 is 5.24. The molecule has 0 radical (unpaired) electrons. The van der Waals surface area contributed by atoms with Gasteiger partial charge in [-0.1, -0.05) is 0 Å². The number of piperidine rings is 1. The van der Waals surface area contributed by atoms with E-state index in [-0.39, 0.29) is 11.9 Å². The maximum atomic E-state index is 12.3. The molecule has 0 unspecified atom stereocenters. The summed E-state index contributed by atoms with van der Waals surface area (Å²) in [4.78, 5) is 25.8. The number of hydrogen-bond acceptors (Lipinski definition) is 4. The van der Waals surface area contributed by atoms with Gasteiger partial charge in [-0.15, -0.1) is 0 Å². The van der Waals surface area contributed by atoms with E-state index in [1.165, 1.54) is 0 Å². The van der Waals surface area contributed by atoms with Crippen LogP contribution in [0.5, 0.6) is 0 Å². The summed E-state index contributed by atoms with van der Waals surface area (Å²) in [7, 11) is 0. The monoisotopic (exact) mass is 308 g/mol. The highest BCUT2D eigenvalue weighted by molar-refractivity contribution is 5.92. The molecule has 0 aromatic carbocycles. The number of hydrogen-bond donors (Lipinski definition) is 2. The average molecular weight is 308 g/mol. The summed E-state index contributed by atoms with van der Waals surface area (Å²) >= 11 is 0. The van der Waals surface area contributed by atoms with E-state index in [0.29, 0.717) is 31.6 Å². The van der Waals surface area contributed by atoms with Gasteiger partial charge in [-0.3, -0.25) is 9.89 Å². The third-order valence-electron chi connectivity index (χ3n) is 3.43. The summed E-state index contributed by atoms with van der Waals surface area (Å²) in [5.74, 6) is -0.0694. The molecular weight excluding hydrogens is 284 g/mol. The van der Waals surface area contributed by atoms with E-state index in [9.17, 15) is 9.59 Å². The van der Waals surface area contributed by atoms with Crippen LogP contribution in [0.1, 0.15) is 49.8 Å². The lowest BCUT2D eigenvalue weighted by Gasteiger charge is -2.32. The van der Waals surface area contributed by atoms with Crippen LogP contribution in [0.25, 0.3) is 0 Å². The van der Waals surface area contributed by atoms with Crippen LogP contribution in [0.3, 0.4) is 0 Å². The van der Waals surface area contributed by atoms with Gasteiger partial charge in [0, 0.05) is 24.8 Å². The highest BCUT2D eigenvalue weighted by Crippen LogP contribution is 2.14.